The first-order valence-corrected chi connectivity index (χ1v) is 14.4. The van der Waals surface area contributed by atoms with Crippen molar-refractivity contribution in [1.29, 1.82) is 0 Å². The Kier molecular flexibility index (Phi) is 8.81. The smallest absolute Gasteiger partial charge is 0.238 e. The van der Waals surface area contributed by atoms with E-state index in [1.807, 2.05) is 85.9 Å². The van der Waals surface area contributed by atoms with Crippen LogP contribution in [0.5, 0.6) is 0 Å². The number of carbonyl (C=O) groups excluding carboxylic acids is 1. The quantitative estimate of drug-likeness (QED) is 0.269. The molecular formula is C31H35N3O3S. The van der Waals surface area contributed by atoms with Crippen LogP contribution in [0.4, 0.5) is 0 Å². The first kappa shape index (κ1) is 27.4. The Labute approximate surface area is 225 Å². The van der Waals surface area contributed by atoms with Crippen LogP contribution >= 0.6 is 0 Å². The van der Waals surface area contributed by atoms with E-state index in [-0.39, 0.29) is 18.5 Å². The molecule has 0 aliphatic heterocycles. The molecule has 198 valence electrons. The van der Waals surface area contributed by atoms with Gasteiger partial charge in [-0.3, -0.25) is 4.79 Å². The third-order valence-electron chi connectivity index (χ3n) is 6.60. The summed E-state index contributed by atoms with van der Waals surface area (Å²) in [5.74, 6) is -0.226. The molecule has 1 N–H and O–H groups in total. The van der Waals surface area contributed by atoms with Crippen LogP contribution in [-0.2, 0) is 27.8 Å². The maximum atomic E-state index is 13.7. The fourth-order valence-corrected chi connectivity index (χ4v) is 5.77. The monoisotopic (exact) mass is 529 g/mol. The first-order chi connectivity index (χ1) is 18.2. The molecule has 6 nitrogen and oxygen atoms in total. The Hall–Kier alpha value is -3.68. The number of nitrogens with one attached hydrogen (secondary N) is 1. The molecule has 0 unspecified atom stereocenters. The second-order valence-corrected chi connectivity index (χ2v) is 11.6. The van der Waals surface area contributed by atoms with Gasteiger partial charge in [0.2, 0.25) is 15.9 Å². The molecule has 0 radical (unpaired) electrons. The highest BCUT2D eigenvalue weighted by Gasteiger charge is 2.27. The van der Waals surface area contributed by atoms with Crippen molar-refractivity contribution in [2.45, 2.75) is 39.8 Å². The highest BCUT2D eigenvalue weighted by molar-refractivity contribution is 7.92. The summed E-state index contributed by atoms with van der Waals surface area (Å²) in [7, 11) is -3.81. The first-order valence-electron chi connectivity index (χ1n) is 12.9. The van der Waals surface area contributed by atoms with Crippen molar-refractivity contribution >= 4 is 32.9 Å². The highest BCUT2D eigenvalue weighted by Crippen LogP contribution is 2.20. The van der Waals surface area contributed by atoms with Gasteiger partial charge < -0.3 is 9.88 Å². The average molecular weight is 530 g/mol. The zero-order chi connectivity index (χ0) is 27.1. The van der Waals surface area contributed by atoms with Gasteiger partial charge in [0.25, 0.3) is 0 Å². The van der Waals surface area contributed by atoms with E-state index in [9.17, 15) is 13.2 Å². The van der Waals surface area contributed by atoms with Gasteiger partial charge in [0.15, 0.2) is 0 Å². The maximum absolute atomic E-state index is 13.7. The van der Waals surface area contributed by atoms with Crippen LogP contribution in [0.1, 0.15) is 36.1 Å². The number of sulfonamides is 1. The van der Waals surface area contributed by atoms with Crippen LogP contribution in [0.2, 0.25) is 0 Å². The molecule has 0 spiro atoms. The van der Waals surface area contributed by atoms with Gasteiger partial charge in [-0.05, 0) is 56.0 Å². The molecule has 1 aromatic heterocycles. The van der Waals surface area contributed by atoms with Crippen molar-refractivity contribution in [3.63, 3.8) is 0 Å². The Balaban J connectivity index is 1.54. The van der Waals surface area contributed by atoms with Crippen molar-refractivity contribution in [3.05, 3.63) is 113 Å². The number of H-pyrrole nitrogens is 1. The summed E-state index contributed by atoms with van der Waals surface area (Å²) in [6.45, 7) is 6.26. The third-order valence-corrected chi connectivity index (χ3v) is 8.28. The number of aromatic nitrogens is 1. The van der Waals surface area contributed by atoms with E-state index in [1.165, 1.54) is 9.71 Å². The van der Waals surface area contributed by atoms with Crippen LogP contribution in [0.25, 0.3) is 17.0 Å². The second-order valence-electron chi connectivity index (χ2n) is 9.81. The third kappa shape index (κ3) is 7.00. The minimum absolute atomic E-state index is 0.223. The summed E-state index contributed by atoms with van der Waals surface area (Å²) in [5.41, 5.74) is 5.12. The number of hydrogen-bond donors (Lipinski definition) is 1. The number of carbonyl (C=O) groups is 1. The minimum atomic E-state index is -3.81. The van der Waals surface area contributed by atoms with E-state index in [0.717, 1.165) is 33.2 Å². The number of rotatable bonds is 11. The van der Waals surface area contributed by atoms with E-state index in [2.05, 4.69) is 11.1 Å². The summed E-state index contributed by atoms with van der Waals surface area (Å²) in [4.78, 5) is 18.7. The lowest BCUT2D eigenvalue weighted by atomic mass is 10.1. The minimum Gasteiger partial charge on any atom is -0.361 e. The topological polar surface area (TPSA) is 73.5 Å². The van der Waals surface area contributed by atoms with Crippen LogP contribution in [0.3, 0.4) is 0 Å². The molecular weight excluding hydrogens is 494 g/mol. The second kappa shape index (κ2) is 12.2. The number of nitrogens with zero attached hydrogens (tertiary/aromatic N) is 2. The molecule has 4 rings (SSSR count). The van der Waals surface area contributed by atoms with Gasteiger partial charge in [-0.15, -0.1) is 0 Å². The SMILES string of the molecule is Cc1ccc(CN(CCc2c[nH]c3ccccc23)C(=O)CN(C(C)C)S(=O)(=O)/C=C/c2ccccc2)cc1. The van der Waals surface area contributed by atoms with Crippen molar-refractivity contribution in [2.24, 2.45) is 0 Å². The summed E-state index contributed by atoms with van der Waals surface area (Å²) in [6, 6.07) is 25.1. The Morgan fingerprint density at radius 3 is 2.34 bits per heavy atom. The largest absolute Gasteiger partial charge is 0.361 e. The number of aromatic amines is 1. The zero-order valence-electron chi connectivity index (χ0n) is 22.2. The van der Waals surface area contributed by atoms with Crippen LogP contribution < -0.4 is 0 Å². The number of amides is 1. The van der Waals surface area contributed by atoms with Crippen molar-refractivity contribution < 1.29 is 13.2 Å². The lowest BCUT2D eigenvalue weighted by molar-refractivity contribution is -0.132. The lowest BCUT2D eigenvalue weighted by Gasteiger charge is -2.29. The lowest BCUT2D eigenvalue weighted by Crippen LogP contribution is -2.45. The van der Waals surface area contributed by atoms with Gasteiger partial charge in [-0.25, -0.2) is 8.42 Å². The van der Waals surface area contributed by atoms with Gasteiger partial charge in [0.1, 0.15) is 0 Å². The number of hydrogen-bond acceptors (Lipinski definition) is 3. The number of aryl methyl sites for hydroxylation is 1. The van der Waals surface area contributed by atoms with Crippen LogP contribution in [-0.4, -0.2) is 47.6 Å². The van der Waals surface area contributed by atoms with Gasteiger partial charge in [0.05, 0.1) is 6.54 Å². The molecule has 1 amide bonds. The van der Waals surface area contributed by atoms with Crippen molar-refractivity contribution in [3.8, 4) is 0 Å². The summed E-state index contributed by atoms with van der Waals surface area (Å²) >= 11 is 0. The normalized spacial score (nSPS) is 12.1. The van der Waals surface area contributed by atoms with Gasteiger partial charge in [-0.1, -0.05) is 78.4 Å². The van der Waals surface area contributed by atoms with Gasteiger partial charge >= 0.3 is 0 Å². The predicted octanol–water partition coefficient (Wildman–Crippen LogP) is 5.76. The molecule has 1 heterocycles. The molecule has 0 saturated heterocycles. The standard InChI is InChI=1S/C31H35N3O3S/c1-24(2)34(38(36,37)20-18-26-9-5-4-6-10-26)23-31(35)33(22-27-15-13-25(3)14-16-27)19-17-28-21-32-30-12-8-7-11-29(28)30/h4-16,18,20-21,24,32H,17,19,22-23H2,1-3H3/b20-18+. The number of fused-ring (bicyclic) bond motifs is 1. The molecule has 0 bridgehead atoms. The highest BCUT2D eigenvalue weighted by atomic mass is 32.2. The van der Waals surface area contributed by atoms with E-state index in [4.69, 9.17) is 0 Å². The average Bonchev–Trinajstić information content (AvgIpc) is 3.33. The molecule has 0 atom stereocenters. The van der Waals surface area contributed by atoms with E-state index in [0.29, 0.717) is 19.5 Å². The summed E-state index contributed by atoms with van der Waals surface area (Å²) in [6.07, 6.45) is 4.21. The van der Waals surface area contributed by atoms with E-state index < -0.39 is 10.0 Å². The molecule has 0 aliphatic carbocycles. The molecule has 38 heavy (non-hydrogen) atoms. The summed E-state index contributed by atoms with van der Waals surface area (Å²) < 4.78 is 27.8. The van der Waals surface area contributed by atoms with Crippen molar-refractivity contribution in [2.75, 3.05) is 13.1 Å². The molecule has 0 fully saturated rings. The predicted molar refractivity (Wildman–Crippen MR) is 155 cm³/mol. The van der Waals surface area contributed by atoms with Crippen molar-refractivity contribution in [1.82, 2.24) is 14.2 Å². The Morgan fingerprint density at radius 1 is 0.947 bits per heavy atom. The number of para-hydroxylation sites is 1. The fraction of sp³-hybridized carbons (Fsp3) is 0.258. The van der Waals surface area contributed by atoms with Crippen LogP contribution in [0, 0.1) is 6.92 Å². The molecule has 3 aromatic carbocycles. The number of benzene rings is 3. The Bertz CT molecular complexity index is 1490. The zero-order valence-corrected chi connectivity index (χ0v) is 23.0. The van der Waals surface area contributed by atoms with Gasteiger partial charge in [-0.2, -0.15) is 4.31 Å². The molecule has 4 aromatic rings. The van der Waals surface area contributed by atoms with Gasteiger partial charge in [0, 0.05) is 41.6 Å². The molecule has 7 heteroatoms. The maximum Gasteiger partial charge on any atom is 0.238 e. The summed E-state index contributed by atoms with van der Waals surface area (Å²) in [5, 5.41) is 2.32. The van der Waals surface area contributed by atoms with E-state index >= 15 is 0 Å². The van der Waals surface area contributed by atoms with E-state index in [1.54, 1.807) is 24.8 Å². The molecule has 0 saturated carbocycles. The fourth-order valence-electron chi connectivity index (χ4n) is 4.41. The Morgan fingerprint density at radius 2 is 1.63 bits per heavy atom. The van der Waals surface area contributed by atoms with Crippen LogP contribution in [0.15, 0.2) is 90.5 Å². The molecule has 0 aliphatic rings.